The van der Waals surface area contributed by atoms with Crippen molar-refractivity contribution in [3.63, 3.8) is 0 Å². The molecule has 2 aromatic heterocycles. The summed E-state index contributed by atoms with van der Waals surface area (Å²) in [6.45, 7) is 4.19. The maximum Gasteiger partial charge on any atom is 0.310 e. The standard InChI is InChI=1S/C18H23N5O5/c1-11-14(12(2)23-18(21-11)19-10-20-23)8-16(25)28-9-15(24)22-6-4-13(5-7-22)17(26)27-3/h10,13H,4-9H2,1-3H3. The number of fused-ring (bicyclic) bond motifs is 1. The van der Waals surface area contributed by atoms with E-state index in [4.69, 9.17) is 9.47 Å². The molecule has 0 spiro atoms. The Morgan fingerprint density at radius 2 is 1.93 bits per heavy atom. The number of nitrogens with zero attached hydrogens (tertiary/aromatic N) is 5. The Kier molecular flexibility index (Phi) is 5.86. The fourth-order valence-electron chi connectivity index (χ4n) is 3.37. The van der Waals surface area contributed by atoms with Crippen molar-refractivity contribution in [3.05, 3.63) is 23.3 Å². The van der Waals surface area contributed by atoms with Crippen molar-refractivity contribution >= 4 is 23.6 Å². The average molecular weight is 389 g/mol. The molecule has 2 aromatic rings. The van der Waals surface area contributed by atoms with Crippen molar-refractivity contribution in [2.24, 2.45) is 5.92 Å². The largest absolute Gasteiger partial charge is 0.469 e. The van der Waals surface area contributed by atoms with E-state index in [1.54, 1.807) is 16.3 Å². The van der Waals surface area contributed by atoms with Crippen LogP contribution in [-0.4, -0.2) is 69.1 Å². The van der Waals surface area contributed by atoms with Crippen LogP contribution in [0.25, 0.3) is 5.78 Å². The van der Waals surface area contributed by atoms with Gasteiger partial charge in [0.15, 0.2) is 6.61 Å². The number of ether oxygens (including phenoxy) is 2. The first-order valence-corrected chi connectivity index (χ1v) is 9.07. The molecule has 28 heavy (non-hydrogen) atoms. The van der Waals surface area contributed by atoms with Crippen LogP contribution in [0, 0.1) is 19.8 Å². The maximum absolute atomic E-state index is 12.3. The van der Waals surface area contributed by atoms with E-state index in [0.29, 0.717) is 43.0 Å². The Hall–Kier alpha value is -3.04. The van der Waals surface area contributed by atoms with Crippen LogP contribution in [0.5, 0.6) is 0 Å². The van der Waals surface area contributed by atoms with E-state index in [1.165, 1.54) is 13.4 Å². The first-order valence-electron chi connectivity index (χ1n) is 9.07. The molecule has 0 radical (unpaired) electrons. The molecule has 1 amide bonds. The molecule has 0 atom stereocenters. The minimum Gasteiger partial charge on any atom is -0.469 e. The molecular weight excluding hydrogens is 366 g/mol. The summed E-state index contributed by atoms with van der Waals surface area (Å²) in [5.41, 5.74) is 2.13. The second-order valence-corrected chi connectivity index (χ2v) is 6.75. The highest BCUT2D eigenvalue weighted by Crippen LogP contribution is 2.19. The number of carbonyl (C=O) groups excluding carboxylic acids is 3. The van der Waals surface area contributed by atoms with Gasteiger partial charge in [-0.05, 0) is 26.7 Å². The van der Waals surface area contributed by atoms with Gasteiger partial charge in [-0.1, -0.05) is 0 Å². The third kappa shape index (κ3) is 4.10. The maximum atomic E-state index is 12.3. The summed E-state index contributed by atoms with van der Waals surface area (Å²) in [7, 11) is 1.36. The lowest BCUT2D eigenvalue weighted by molar-refractivity contribution is -0.153. The predicted octanol–water partition coefficient (Wildman–Crippen LogP) is 0.238. The van der Waals surface area contributed by atoms with Crippen LogP contribution in [0.1, 0.15) is 29.8 Å². The van der Waals surface area contributed by atoms with E-state index in [2.05, 4.69) is 15.1 Å². The van der Waals surface area contributed by atoms with Crippen LogP contribution in [0.4, 0.5) is 0 Å². The minimum atomic E-state index is -0.509. The van der Waals surface area contributed by atoms with Gasteiger partial charge in [-0.2, -0.15) is 10.1 Å². The van der Waals surface area contributed by atoms with Crippen LogP contribution >= 0.6 is 0 Å². The number of amides is 1. The average Bonchev–Trinajstić information content (AvgIpc) is 3.17. The number of rotatable bonds is 5. The topological polar surface area (TPSA) is 116 Å². The van der Waals surface area contributed by atoms with Gasteiger partial charge in [0.05, 0.1) is 19.4 Å². The molecule has 10 nitrogen and oxygen atoms in total. The van der Waals surface area contributed by atoms with Gasteiger partial charge >= 0.3 is 11.9 Å². The Morgan fingerprint density at radius 3 is 2.61 bits per heavy atom. The number of piperidine rings is 1. The smallest absolute Gasteiger partial charge is 0.310 e. The first-order chi connectivity index (χ1) is 13.4. The van der Waals surface area contributed by atoms with E-state index in [9.17, 15) is 14.4 Å². The Morgan fingerprint density at radius 1 is 1.21 bits per heavy atom. The summed E-state index contributed by atoms with van der Waals surface area (Å²) >= 11 is 0. The molecule has 0 unspecified atom stereocenters. The van der Waals surface area contributed by atoms with Gasteiger partial charge in [-0.15, -0.1) is 0 Å². The molecule has 0 aromatic carbocycles. The number of hydrogen-bond acceptors (Lipinski definition) is 8. The van der Waals surface area contributed by atoms with E-state index < -0.39 is 5.97 Å². The lowest BCUT2D eigenvalue weighted by Crippen LogP contribution is -2.42. The number of carbonyl (C=O) groups is 3. The second-order valence-electron chi connectivity index (χ2n) is 6.75. The summed E-state index contributed by atoms with van der Waals surface area (Å²) in [5, 5.41) is 4.08. The van der Waals surface area contributed by atoms with Crippen molar-refractivity contribution in [1.82, 2.24) is 24.5 Å². The normalized spacial score (nSPS) is 14.9. The van der Waals surface area contributed by atoms with Crippen LogP contribution in [-0.2, 0) is 30.3 Å². The first kappa shape index (κ1) is 19.7. The molecule has 0 bridgehead atoms. The molecule has 3 heterocycles. The zero-order valence-corrected chi connectivity index (χ0v) is 16.2. The van der Waals surface area contributed by atoms with Crippen molar-refractivity contribution in [1.29, 1.82) is 0 Å². The Labute approximate surface area is 161 Å². The molecular formula is C18H23N5O5. The SMILES string of the molecule is COC(=O)C1CCN(C(=O)COC(=O)Cc2c(C)nc3ncnn3c2C)CC1. The molecule has 0 N–H and O–H groups in total. The van der Waals surface area contributed by atoms with E-state index >= 15 is 0 Å². The van der Waals surface area contributed by atoms with E-state index in [1.807, 2.05) is 6.92 Å². The van der Waals surface area contributed by atoms with Crippen molar-refractivity contribution in [2.75, 3.05) is 26.8 Å². The van der Waals surface area contributed by atoms with Crippen LogP contribution in [0.3, 0.4) is 0 Å². The molecule has 10 heteroatoms. The number of aromatic nitrogens is 4. The third-order valence-electron chi connectivity index (χ3n) is 5.05. The van der Waals surface area contributed by atoms with Crippen LogP contribution < -0.4 is 0 Å². The van der Waals surface area contributed by atoms with Gasteiger partial charge in [-0.3, -0.25) is 14.4 Å². The van der Waals surface area contributed by atoms with Gasteiger partial charge in [0.25, 0.3) is 11.7 Å². The molecule has 1 saturated heterocycles. The van der Waals surface area contributed by atoms with Crippen molar-refractivity contribution < 1.29 is 23.9 Å². The van der Waals surface area contributed by atoms with Gasteiger partial charge in [0, 0.05) is 30.0 Å². The molecule has 1 aliphatic rings. The summed E-state index contributed by atoms with van der Waals surface area (Å²) in [6, 6.07) is 0. The van der Waals surface area contributed by atoms with Gasteiger partial charge in [0.2, 0.25) is 0 Å². The van der Waals surface area contributed by atoms with Crippen molar-refractivity contribution in [3.8, 4) is 0 Å². The number of likely N-dealkylation sites (tertiary alicyclic amines) is 1. The highest BCUT2D eigenvalue weighted by Gasteiger charge is 2.28. The molecule has 1 aliphatic heterocycles. The minimum absolute atomic E-state index is 0.00182. The van der Waals surface area contributed by atoms with Crippen molar-refractivity contribution in [2.45, 2.75) is 33.1 Å². The number of hydrogen-bond donors (Lipinski definition) is 0. The summed E-state index contributed by atoms with van der Waals surface area (Å²) in [4.78, 5) is 46.0. The zero-order valence-electron chi connectivity index (χ0n) is 16.2. The second kappa shape index (κ2) is 8.32. The van der Waals surface area contributed by atoms with Gasteiger partial charge < -0.3 is 14.4 Å². The van der Waals surface area contributed by atoms with Gasteiger partial charge in [0.1, 0.15) is 6.33 Å². The zero-order chi connectivity index (χ0) is 20.3. The van der Waals surface area contributed by atoms with E-state index in [0.717, 1.165) is 5.69 Å². The van der Waals surface area contributed by atoms with Crippen LogP contribution in [0.2, 0.25) is 0 Å². The summed E-state index contributed by atoms with van der Waals surface area (Å²) in [5.74, 6) is -0.734. The highest BCUT2D eigenvalue weighted by molar-refractivity contribution is 5.82. The number of aryl methyl sites for hydroxylation is 2. The van der Waals surface area contributed by atoms with Gasteiger partial charge in [-0.25, -0.2) is 9.50 Å². The summed E-state index contributed by atoms with van der Waals surface area (Å²) < 4.78 is 11.5. The Balaban J connectivity index is 1.52. The highest BCUT2D eigenvalue weighted by atomic mass is 16.5. The molecule has 0 saturated carbocycles. The lowest BCUT2D eigenvalue weighted by Gasteiger charge is -2.30. The quantitative estimate of drug-likeness (QED) is 0.668. The fourth-order valence-corrected chi connectivity index (χ4v) is 3.37. The lowest BCUT2D eigenvalue weighted by atomic mass is 9.97. The molecule has 150 valence electrons. The third-order valence-corrected chi connectivity index (χ3v) is 5.05. The number of methoxy groups -OCH3 is 1. The summed E-state index contributed by atoms with van der Waals surface area (Å²) in [6.07, 6.45) is 2.50. The number of esters is 2. The molecule has 0 aliphatic carbocycles. The Bertz CT molecular complexity index is 901. The predicted molar refractivity (Wildman–Crippen MR) is 96.2 cm³/mol. The monoisotopic (exact) mass is 389 g/mol. The fraction of sp³-hybridized carbons (Fsp3) is 0.556. The van der Waals surface area contributed by atoms with Crippen LogP contribution in [0.15, 0.2) is 6.33 Å². The molecule has 3 rings (SSSR count). The van der Waals surface area contributed by atoms with E-state index in [-0.39, 0.29) is 30.8 Å². The molecule has 1 fully saturated rings.